The average molecular weight is 282 g/mol. The van der Waals surface area contributed by atoms with E-state index in [0.29, 0.717) is 0 Å². The first-order chi connectivity index (χ1) is 8.69. The lowest BCUT2D eigenvalue weighted by atomic mass is 10.0. The Balaban J connectivity index is 0.00000180. The molecule has 1 aromatic heterocycles. The number of hydrogen-bond acceptors (Lipinski definition) is 3. The van der Waals surface area contributed by atoms with Gasteiger partial charge in [0.15, 0.2) is 0 Å². The highest BCUT2D eigenvalue weighted by molar-refractivity contribution is 5.85. The standard InChI is InChI=1S/C14H19N3O.ClH/c1-11(15)7-12-3-4-14(18-2)13(8-12)9-17-6-5-16-10-17;/h3-6,8,10-11H,7,9,15H2,1-2H3;1H. The van der Waals surface area contributed by atoms with Crippen LogP contribution in [0.2, 0.25) is 0 Å². The van der Waals surface area contributed by atoms with Crippen LogP contribution < -0.4 is 10.5 Å². The summed E-state index contributed by atoms with van der Waals surface area (Å²) in [4.78, 5) is 4.05. The van der Waals surface area contributed by atoms with Crippen LogP contribution in [0.3, 0.4) is 0 Å². The molecule has 5 heteroatoms. The number of nitrogens with zero attached hydrogens (tertiary/aromatic N) is 2. The number of ether oxygens (including phenoxy) is 1. The number of methoxy groups -OCH3 is 1. The molecule has 1 unspecified atom stereocenters. The third kappa shape index (κ3) is 4.26. The number of halogens is 1. The van der Waals surface area contributed by atoms with Crippen molar-refractivity contribution in [3.63, 3.8) is 0 Å². The highest BCUT2D eigenvalue weighted by atomic mass is 35.5. The maximum absolute atomic E-state index is 5.83. The summed E-state index contributed by atoms with van der Waals surface area (Å²) in [6, 6.07) is 6.39. The van der Waals surface area contributed by atoms with E-state index >= 15 is 0 Å². The molecule has 2 N–H and O–H groups in total. The summed E-state index contributed by atoms with van der Waals surface area (Å²) < 4.78 is 7.41. The predicted molar refractivity (Wildman–Crippen MR) is 78.9 cm³/mol. The third-order valence-electron chi connectivity index (χ3n) is 2.81. The van der Waals surface area contributed by atoms with Crippen molar-refractivity contribution in [3.8, 4) is 5.75 Å². The number of aromatic nitrogens is 2. The van der Waals surface area contributed by atoms with Gasteiger partial charge in [-0.3, -0.25) is 0 Å². The predicted octanol–water partition coefficient (Wildman–Crippen LogP) is 2.25. The second-order valence-corrected chi connectivity index (χ2v) is 4.56. The molecule has 0 spiro atoms. The fourth-order valence-electron chi connectivity index (χ4n) is 2.03. The second kappa shape index (κ2) is 7.16. The molecule has 19 heavy (non-hydrogen) atoms. The van der Waals surface area contributed by atoms with E-state index in [-0.39, 0.29) is 18.4 Å². The van der Waals surface area contributed by atoms with Crippen molar-refractivity contribution in [2.45, 2.75) is 25.9 Å². The van der Waals surface area contributed by atoms with Crippen LogP contribution in [0, 0.1) is 0 Å². The quantitative estimate of drug-likeness (QED) is 0.915. The Labute approximate surface area is 120 Å². The van der Waals surface area contributed by atoms with Crippen LogP contribution in [0.5, 0.6) is 5.75 Å². The van der Waals surface area contributed by atoms with Gasteiger partial charge in [-0.2, -0.15) is 0 Å². The number of nitrogens with two attached hydrogens (primary N) is 1. The van der Waals surface area contributed by atoms with Crippen molar-refractivity contribution in [2.24, 2.45) is 5.73 Å². The third-order valence-corrected chi connectivity index (χ3v) is 2.81. The molecule has 1 aromatic carbocycles. The normalized spacial score (nSPS) is 11.7. The van der Waals surface area contributed by atoms with Crippen LogP contribution >= 0.6 is 12.4 Å². The van der Waals surface area contributed by atoms with E-state index in [9.17, 15) is 0 Å². The van der Waals surface area contributed by atoms with Gasteiger partial charge in [0.1, 0.15) is 5.75 Å². The summed E-state index contributed by atoms with van der Waals surface area (Å²) in [5.41, 5.74) is 8.22. The molecule has 2 rings (SSSR count). The van der Waals surface area contributed by atoms with E-state index in [4.69, 9.17) is 10.5 Å². The second-order valence-electron chi connectivity index (χ2n) is 4.56. The van der Waals surface area contributed by atoms with Gasteiger partial charge in [0.05, 0.1) is 20.0 Å². The highest BCUT2D eigenvalue weighted by Crippen LogP contribution is 2.21. The summed E-state index contributed by atoms with van der Waals surface area (Å²) in [6.45, 7) is 2.77. The maximum atomic E-state index is 5.83. The van der Waals surface area contributed by atoms with Gasteiger partial charge >= 0.3 is 0 Å². The van der Waals surface area contributed by atoms with Gasteiger partial charge < -0.3 is 15.0 Å². The van der Waals surface area contributed by atoms with E-state index in [1.54, 1.807) is 19.6 Å². The van der Waals surface area contributed by atoms with E-state index in [1.165, 1.54) is 5.56 Å². The van der Waals surface area contributed by atoms with Gasteiger partial charge in [0.2, 0.25) is 0 Å². The SMILES string of the molecule is COc1ccc(CC(C)N)cc1Cn1ccnc1.Cl. The van der Waals surface area contributed by atoms with Crippen LogP contribution in [0.4, 0.5) is 0 Å². The Kier molecular flexibility index (Phi) is 5.86. The molecule has 0 saturated heterocycles. The lowest BCUT2D eigenvalue weighted by molar-refractivity contribution is 0.408. The zero-order chi connectivity index (χ0) is 13.0. The first-order valence-corrected chi connectivity index (χ1v) is 6.06. The van der Waals surface area contributed by atoms with Crippen molar-refractivity contribution in [2.75, 3.05) is 7.11 Å². The molecule has 0 aliphatic rings. The molecule has 0 radical (unpaired) electrons. The molecule has 1 atom stereocenters. The van der Waals surface area contributed by atoms with Crippen molar-refractivity contribution >= 4 is 12.4 Å². The van der Waals surface area contributed by atoms with Gasteiger partial charge in [0.25, 0.3) is 0 Å². The van der Waals surface area contributed by atoms with Crippen LogP contribution in [0.25, 0.3) is 0 Å². The van der Waals surface area contributed by atoms with E-state index < -0.39 is 0 Å². The molecule has 4 nitrogen and oxygen atoms in total. The minimum atomic E-state index is 0. The summed E-state index contributed by atoms with van der Waals surface area (Å²) >= 11 is 0. The molecule has 1 heterocycles. The summed E-state index contributed by atoms with van der Waals surface area (Å²) in [6.07, 6.45) is 6.40. The lowest BCUT2D eigenvalue weighted by Crippen LogP contribution is -2.17. The van der Waals surface area contributed by atoms with Gasteiger partial charge in [-0.1, -0.05) is 12.1 Å². The number of rotatable bonds is 5. The Bertz CT molecular complexity index is 497. The maximum Gasteiger partial charge on any atom is 0.123 e. The number of benzene rings is 1. The fourth-order valence-corrected chi connectivity index (χ4v) is 2.03. The van der Waals surface area contributed by atoms with Crippen molar-refractivity contribution in [1.29, 1.82) is 0 Å². The largest absolute Gasteiger partial charge is 0.496 e. The van der Waals surface area contributed by atoms with Crippen LogP contribution in [-0.4, -0.2) is 22.7 Å². The molecule has 0 amide bonds. The van der Waals surface area contributed by atoms with E-state index in [0.717, 1.165) is 24.3 Å². The smallest absolute Gasteiger partial charge is 0.123 e. The Morgan fingerprint density at radius 1 is 1.42 bits per heavy atom. The molecule has 0 saturated carbocycles. The fraction of sp³-hybridized carbons (Fsp3) is 0.357. The molecule has 0 bridgehead atoms. The van der Waals surface area contributed by atoms with Crippen LogP contribution in [0.1, 0.15) is 18.1 Å². The summed E-state index contributed by atoms with van der Waals surface area (Å²) in [5, 5.41) is 0. The molecule has 0 fully saturated rings. The number of hydrogen-bond donors (Lipinski definition) is 1. The van der Waals surface area contributed by atoms with Crippen molar-refractivity contribution in [3.05, 3.63) is 48.0 Å². The first-order valence-electron chi connectivity index (χ1n) is 6.06. The van der Waals surface area contributed by atoms with Gasteiger partial charge in [-0.25, -0.2) is 4.98 Å². The van der Waals surface area contributed by atoms with E-state index in [2.05, 4.69) is 17.1 Å². The molecular weight excluding hydrogens is 262 g/mol. The first kappa shape index (κ1) is 15.5. The van der Waals surface area contributed by atoms with Gasteiger partial charge in [-0.15, -0.1) is 12.4 Å². The molecule has 0 aliphatic carbocycles. The minimum Gasteiger partial charge on any atom is -0.496 e. The Morgan fingerprint density at radius 3 is 2.79 bits per heavy atom. The van der Waals surface area contributed by atoms with Crippen molar-refractivity contribution < 1.29 is 4.74 Å². The Morgan fingerprint density at radius 2 is 2.21 bits per heavy atom. The van der Waals surface area contributed by atoms with Crippen LogP contribution in [-0.2, 0) is 13.0 Å². The lowest BCUT2D eigenvalue weighted by Gasteiger charge is -2.12. The summed E-state index contributed by atoms with van der Waals surface area (Å²) in [7, 11) is 1.69. The molecular formula is C14H20ClN3O. The van der Waals surface area contributed by atoms with Crippen molar-refractivity contribution in [1.82, 2.24) is 9.55 Å². The van der Waals surface area contributed by atoms with Crippen LogP contribution in [0.15, 0.2) is 36.9 Å². The minimum absolute atomic E-state index is 0. The van der Waals surface area contributed by atoms with Gasteiger partial charge in [0, 0.05) is 24.0 Å². The topological polar surface area (TPSA) is 53.1 Å². The molecule has 2 aromatic rings. The number of imidazole rings is 1. The highest BCUT2D eigenvalue weighted by Gasteiger charge is 2.06. The monoisotopic (exact) mass is 281 g/mol. The zero-order valence-corrected chi connectivity index (χ0v) is 12.1. The zero-order valence-electron chi connectivity index (χ0n) is 11.2. The average Bonchev–Trinajstić information content (AvgIpc) is 2.81. The van der Waals surface area contributed by atoms with Gasteiger partial charge in [-0.05, 0) is 25.0 Å². The molecule has 104 valence electrons. The Hall–Kier alpha value is -1.52. The summed E-state index contributed by atoms with van der Waals surface area (Å²) in [5.74, 6) is 0.900. The van der Waals surface area contributed by atoms with E-state index in [1.807, 2.05) is 23.8 Å². The molecule has 0 aliphatic heterocycles.